The molecule has 33 heavy (non-hydrogen) atoms. The lowest BCUT2D eigenvalue weighted by molar-refractivity contribution is -0.140. The van der Waals surface area contributed by atoms with E-state index in [0.29, 0.717) is 22.7 Å². The molecule has 0 fully saturated rings. The maximum absolute atomic E-state index is 13.3. The van der Waals surface area contributed by atoms with Crippen LogP contribution in [-0.4, -0.2) is 37.1 Å². The van der Waals surface area contributed by atoms with Crippen molar-refractivity contribution in [1.82, 2.24) is 0 Å². The number of nitrogens with zero attached hydrogens (tertiary/aromatic N) is 1. The Morgan fingerprint density at radius 2 is 1.64 bits per heavy atom. The zero-order valence-corrected chi connectivity index (χ0v) is 18.3. The standard InChI is InChI=1S/C27H25NO5/c1-32-24-13-7-8-14-25(24)33-18-17-28-23-12-6-5-11-22(23)27(31,26(28)30)19-21(29)16-15-20-9-3-2-4-10-20/h2-16,31H,17-19H2,1H3/b16-15-/t27-/m1/s1. The number of allylic oxidation sites excluding steroid dienone is 1. The number of hydrogen-bond acceptors (Lipinski definition) is 5. The summed E-state index contributed by atoms with van der Waals surface area (Å²) < 4.78 is 11.1. The van der Waals surface area contributed by atoms with Gasteiger partial charge in [0.15, 0.2) is 22.9 Å². The summed E-state index contributed by atoms with van der Waals surface area (Å²) in [4.78, 5) is 27.4. The number of ether oxygens (including phenoxy) is 2. The highest BCUT2D eigenvalue weighted by atomic mass is 16.5. The average molecular weight is 443 g/mol. The fourth-order valence-electron chi connectivity index (χ4n) is 3.95. The van der Waals surface area contributed by atoms with Gasteiger partial charge in [0.05, 0.1) is 25.8 Å². The second kappa shape index (κ2) is 9.71. The van der Waals surface area contributed by atoms with Crippen molar-refractivity contribution in [2.45, 2.75) is 12.0 Å². The van der Waals surface area contributed by atoms with Crippen molar-refractivity contribution < 1.29 is 24.2 Å². The van der Waals surface area contributed by atoms with Crippen LogP contribution in [0.3, 0.4) is 0 Å². The molecule has 1 N–H and O–H groups in total. The van der Waals surface area contributed by atoms with Crippen LogP contribution in [0.2, 0.25) is 0 Å². The van der Waals surface area contributed by atoms with Crippen molar-refractivity contribution >= 4 is 23.5 Å². The molecule has 0 bridgehead atoms. The number of carbonyl (C=O) groups is 2. The number of fused-ring (bicyclic) bond motifs is 1. The lowest BCUT2D eigenvalue weighted by Crippen LogP contribution is -2.43. The molecule has 0 aromatic heterocycles. The van der Waals surface area contributed by atoms with Crippen LogP contribution >= 0.6 is 0 Å². The summed E-state index contributed by atoms with van der Waals surface area (Å²) in [5.74, 6) is 0.291. The van der Waals surface area contributed by atoms with Crippen molar-refractivity contribution in [3.05, 3.63) is 96.1 Å². The monoisotopic (exact) mass is 443 g/mol. The summed E-state index contributed by atoms with van der Waals surface area (Å²) in [7, 11) is 1.56. The van der Waals surface area contributed by atoms with Gasteiger partial charge in [-0.25, -0.2) is 0 Å². The Labute approximate surface area is 192 Å². The smallest absolute Gasteiger partial charge is 0.264 e. The van der Waals surface area contributed by atoms with Crippen molar-refractivity contribution in [2.75, 3.05) is 25.2 Å². The number of carbonyl (C=O) groups excluding carboxylic acids is 2. The molecular formula is C27H25NO5. The van der Waals surface area contributed by atoms with Crippen molar-refractivity contribution in [3.63, 3.8) is 0 Å². The van der Waals surface area contributed by atoms with Gasteiger partial charge >= 0.3 is 0 Å². The fraction of sp³-hybridized carbons (Fsp3) is 0.185. The summed E-state index contributed by atoms with van der Waals surface area (Å²) in [5.41, 5.74) is -0.0487. The first kappa shape index (κ1) is 22.3. The number of benzene rings is 3. The second-order valence-corrected chi connectivity index (χ2v) is 7.72. The molecule has 3 aromatic carbocycles. The number of aliphatic hydroxyl groups is 1. The molecule has 1 atom stereocenters. The predicted octanol–water partition coefficient (Wildman–Crippen LogP) is 3.98. The van der Waals surface area contributed by atoms with E-state index in [1.807, 2.05) is 42.5 Å². The Morgan fingerprint density at radius 3 is 2.39 bits per heavy atom. The Morgan fingerprint density at radius 1 is 0.970 bits per heavy atom. The van der Waals surface area contributed by atoms with E-state index in [-0.39, 0.29) is 25.4 Å². The normalized spacial score (nSPS) is 17.3. The average Bonchev–Trinajstić information content (AvgIpc) is 3.05. The second-order valence-electron chi connectivity index (χ2n) is 7.72. The lowest BCUT2D eigenvalue weighted by Gasteiger charge is -2.22. The molecule has 0 unspecified atom stereocenters. The van der Waals surface area contributed by atoms with Crippen molar-refractivity contribution in [3.8, 4) is 11.5 Å². The van der Waals surface area contributed by atoms with E-state index in [4.69, 9.17) is 9.47 Å². The minimum Gasteiger partial charge on any atom is -0.493 e. The molecule has 1 amide bonds. The molecule has 0 radical (unpaired) electrons. The number of rotatable bonds is 9. The van der Waals surface area contributed by atoms with Crippen LogP contribution < -0.4 is 14.4 Å². The molecule has 4 rings (SSSR count). The number of ketones is 1. The van der Waals surface area contributed by atoms with Gasteiger partial charge < -0.3 is 19.5 Å². The number of hydrogen-bond donors (Lipinski definition) is 1. The third-order valence-corrected chi connectivity index (χ3v) is 5.57. The van der Waals surface area contributed by atoms with E-state index in [1.54, 1.807) is 49.6 Å². The maximum atomic E-state index is 13.3. The molecular weight excluding hydrogens is 418 g/mol. The van der Waals surface area contributed by atoms with Crippen LogP contribution in [0.25, 0.3) is 6.08 Å². The van der Waals surface area contributed by atoms with Crippen LogP contribution in [0, 0.1) is 0 Å². The number of anilines is 1. The predicted molar refractivity (Wildman–Crippen MR) is 126 cm³/mol. The minimum atomic E-state index is -1.92. The van der Waals surface area contributed by atoms with E-state index >= 15 is 0 Å². The highest BCUT2D eigenvalue weighted by molar-refractivity contribution is 6.10. The fourth-order valence-corrected chi connectivity index (χ4v) is 3.95. The van der Waals surface area contributed by atoms with E-state index in [1.165, 1.54) is 11.0 Å². The minimum absolute atomic E-state index is 0.193. The quantitative estimate of drug-likeness (QED) is 0.507. The molecule has 0 saturated heterocycles. The summed E-state index contributed by atoms with van der Waals surface area (Å²) in [6.07, 6.45) is 2.74. The molecule has 1 heterocycles. The topological polar surface area (TPSA) is 76.1 Å². The summed E-state index contributed by atoms with van der Waals surface area (Å²) in [6.45, 7) is 0.405. The van der Waals surface area contributed by atoms with Crippen LogP contribution in [-0.2, 0) is 15.2 Å². The van der Waals surface area contributed by atoms with E-state index in [9.17, 15) is 14.7 Å². The molecule has 1 aliphatic rings. The van der Waals surface area contributed by atoms with Crippen LogP contribution in [0.4, 0.5) is 5.69 Å². The Kier molecular flexibility index (Phi) is 6.56. The van der Waals surface area contributed by atoms with E-state index in [2.05, 4.69) is 0 Å². The van der Waals surface area contributed by atoms with Crippen molar-refractivity contribution in [2.24, 2.45) is 0 Å². The number of para-hydroxylation sites is 3. The van der Waals surface area contributed by atoms with Crippen molar-refractivity contribution in [1.29, 1.82) is 0 Å². The highest BCUT2D eigenvalue weighted by Crippen LogP contribution is 2.42. The van der Waals surface area contributed by atoms with Gasteiger partial charge in [-0.1, -0.05) is 66.7 Å². The molecule has 0 spiro atoms. The molecule has 3 aromatic rings. The Hall–Kier alpha value is -3.90. The first-order chi connectivity index (χ1) is 16.0. The van der Waals surface area contributed by atoms with Gasteiger partial charge in [-0.05, 0) is 29.8 Å². The van der Waals surface area contributed by atoms with Gasteiger partial charge in [-0.15, -0.1) is 0 Å². The van der Waals surface area contributed by atoms with Crippen LogP contribution in [0.1, 0.15) is 17.5 Å². The molecule has 6 nitrogen and oxygen atoms in total. The van der Waals surface area contributed by atoms with Crippen LogP contribution in [0.15, 0.2) is 84.9 Å². The maximum Gasteiger partial charge on any atom is 0.264 e. The van der Waals surface area contributed by atoms with E-state index < -0.39 is 11.5 Å². The third kappa shape index (κ3) is 4.66. The molecule has 0 aliphatic carbocycles. The van der Waals surface area contributed by atoms with Gasteiger partial charge in [0.25, 0.3) is 5.91 Å². The summed E-state index contributed by atoms with van der Waals surface area (Å²) >= 11 is 0. The Bertz CT molecular complexity index is 1170. The van der Waals surface area contributed by atoms with Gasteiger partial charge in [-0.2, -0.15) is 0 Å². The van der Waals surface area contributed by atoms with Gasteiger partial charge in [0, 0.05) is 5.56 Å². The van der Waals surface area contributed by atoms with Gasteiger partial charge in [0.2, 0.25) is 0 Å². The summed E-state index contributed by atoms with van der Waals surface area (Å²) in [6, 6.07) is 23.6. The lowest BCUT2D eigenvalue weighted by atomic mass is 9.90. The van der Waals surface area contributed by atoms with Gasteiger partial charge in [0.1, 0.15) is 6.61 Å². The molecule has 168 valence electrons. The first-order valence-corrected chi connectivity index (χ1v) is 10.7. The van der Waals surface area contributed by atoms with E-state index in [0.717, 1.165) is 5.56 Å². The largest absolute Gasteiger partial charge is 0.493 e. The number of methoxy groups -OCH3 is 1. The first-order valence-electron chi connectivity index (χ1n) is 10.7. The highest BCUT2D eigenvalue weighted by Gasteiger charge is 2.50. The number of amides is 1. The SMILES string of the molecule is COc1ccccc1OCCN1C(=O)[C@@](O)(CC(=O)/C=C\c2ccccc2)c2ccccc21. The zero-order chi connectivity index (χ0) is 23.3. The Balaban J connectivity index is 1.49. The van der Waals surface area contributed by atoms with Gasteiger partial charge in [-0.3, -0.25) is 9.59 Å². The molecule has 0 saturated carbocycles. The third-order valence-electron chi connectivity index (χ3n) is 5.57. The molecule has 1 aliphatic heterocycles. The summed E-state index contributed by atoms with van der Waals surface area (Å²) in [5, 5.41) is 11.3. The molecule has 6 heteroatoms. The van der Waals surface area contributed by atoms with Crippen LogP contribution in [0.5, 0.6) is 11.5 Å². The zero-order valence-electron chi connectivity index (χ0n) is 18.3.